The first-order valence-corrected chi connectivity index (χ1v) is 6.93. The summed E-state index contributed by atoms with van der Waals surface area (Å²) in [7, 11) is 0. The molecule has 0 radical (unpaired) electrons. The van der Waals surface area contributed by atoms with Gasteiger partial charge in [0.25, 0.3) is 0 Å². The van der Waals surface area contributed by atoms with Crippen LogP contribution in [0.1, 0.15) is 53.2 Å². The van der Waals surface area contributed by atoms with Crippen LogP contribution in [-0.4, -0.2) is 34.1 Å². The lowest BCUT2D eigenvalue weighted by Gasteiger charge is -2.28. The smallest absolute Gasteiger partial charge is 0.291 e. The number of hydrogen-bond donors (Lipinski definition) is 0. The van der Waals surface area contributed by atoms with Crippen LogP contribution < -0.4 is 0 Å². The highest BCUT2D eigenvalue weighted by Gasteiger charge is 2.52. The van der Waals surface area contributed by atoms with Gasteiger partial charge in [0.2, 0.25) is 5.78 Å². The molecule has 0 N–H and O–H groups in total. The molecule has 5 atom stereocenters. The van der Waals surface area contributed by atoms with Gasteiger partial charge in [0.15, 0.2) is 18.0 Å². The standard InChI is InChI=1S/C13H11F7N2O/c14-5-2-1-4(3-6(5)15)22-10-7(11(23)9(17)8(10)16)12(21-22)13(18,19)20/h4-6,8-9H,1-3H2/t4-,5-,6+,8-,9-/m1/s1. The summed E-state index contributed by atoms with van der Waals surface area (Å²) in [6.07, 6.45) is -15.0. The number of Topliss-reactive ketones (excluding diaryl/α,β-unsaturated/α-hetero) is 1. The van der Waals surface area contributed by atoms with Crippen LogP contribution >= 0.6 is 0 Å². The maximum absolute atomic E-state index is 14.0. The van der Waals surface area contributed by atoms with Crippen molar-refractivity contribution in [3.05, 3.63) is 17.0 Å². The molecule has 2 aliphatic carbocycles. The molecule has 0 amide bonds. The molecule has 10 heteroatoms. The highest BCUT2D eigenvalue weighted by atomic mass is 19.4. The summed E-state index contributed by atoms with van der Waals surface area (Å²) in [4.78, 5) is 11.6. The normalized spacial score (nSPS) is 34.7. The summed E-state index contributed by atoms with van der Waals surface area (Å²) in [6.45, 7) is 0. The van der Waals surface area contributed by atoms with E-state index in [2.05, 4.69) is 5.10 Å². The summed E-state index contributed by atoms with van der Waals surface area (Å²) in [5.74, 6) is -1.62. The summed E-state index contributed by atoms with van der Waals surface area (Å²) >= 11 is 0. The fourth-order valence-electron chi connectivity index (χ4n) is 3.12. The van der Waals surface area contributed by atoms with Crippen molar-refractivity contribution in [2.75, 3.05) is 0 Å². The minimum absolute atomic E-state index is 0.0785. The third-order valence-electron chi connectivity index (χ3n) is 4.24. The molecular weight excluding hydrogens is 333 g/mol. The van der Waals surface area contributed by atoms with Crippen molar-refractivity contribution in [1.29, 1.82) is 0 Å². The number of carbonyl (C=O) groups excluding carboxylic acids is 1. The van der Waals surface area contributed by atoms with Crippen molar-refractivity contribution in [3.8, 4) is 0 Å². The fraction of sp³-hybridized carbons (Fsp3) is 0.692. The van der Waals surface area contributed by atoms with Gasteiger partial charge in [0.1, 0.15) is 12.3 Å². The van der Waals surface area contributed by atoms with E-state index >= 15 is 0 Å². The van der Waals surface area contributed by atoms with Crippen LogP contribution in [0, 0.1) is 0 Å². The lowest BCUT2D eigenvalue weighted by molar-refractivity contribution is -0.142. The predicted octanol–water partition coefficient (Wildman–Crippen LogP) is 3.85. The minimum Gasteiger partial charge on any atom is -0.291 e. The van der Waals surface area contributed by atoms with Gasteiger partial charge in [0, 0.05) is 6.42 Å². The Morgan fingerprint density at radius 2 is 1.65 bits per heavy atom. The monoisotopic (exact) mass is 344 g/mol. The molecule has 1 aromatic rings. The zero-order valence-corrected chi connectivity index (χ0v) is 11.5. The van der Waals surface area contributed by atoms with Gasteiger partial charge in [-0.3, -0.25) is 9.48 Å². The Balaban J connectivity index is 2.09. The molecule has 0 aromatic carbocycles. The number of hydrogen-bond acceptors (Lipinski definition) is 2. The molecule has 23 heavy (non-hydrogen) atoms. The summed E-state index contributed by atoms with van der Waals surface area (Å²) in [5.41, 5.74) is -3.65. The number of carbonyl (C=O) groups is 1. The first-order chi connectivity index (χ1) is 10.6. The summed E-state index contributed by atoms with van der Waals surface area (Å²) in [5, 5.41) is 3.20. The molecule has 0 bridgehead atoms. The van der Waals surface area contributed by atoms with E-state index in [0.717, 1.165) is 0 Å². The lowest BCUT2D eigenvalue weighted by atomic mass is 9.92. The van der Waals surface area contributed by atoms with E-state index in [0.29, 0.717) is 4.68 Å². The molecule has 1 fully saturated rings. The molecule has 2 aliphatic rings. The van der Waals surface area contributed by atoms with Crippen molar-refractivity contribution in [2.24, 2.45) is 0 Å². The van der Waals surface area contributed by atoms with Crippen molar-refractivity contribution >= 4 is 5.78 Å². The minimum atomic E-state index is -5.08. The molecule has 0 saturated heterocycles. The van der Waals surface area contributed by atoms with Crippen molar-refractivity contribution in [3.63, 3.8) is 0 Å². The molecule has 1 aromatic heterocycles. The number of ketones is 1. The lowest BCUT2D eigenvalue weighted by Crippen LogP contribution is -2.30. The van der Waals surface area contributed by atoms with E-state index < -0.39 is 66.1 Å². The third-order valence-corrected chi connectivity index (χ3v) is 4.24. The van der Waals surface area contributed by atoms with Crippen molar-refractivity contribution < 1.29 is 35.5 Å². The van der Waals surface area contributed by atoms with Gasteiger partial charge in [-0.1, -0.05) is 0 Å². The van der Waals surface area contributed by atoms with E-state index in [1.165, 1.54) is 0 Å². The second-order valence-electron chi connectivity index (χ2n) is 5.72. The number of alkyl halides is 7. The molecule has 128 valence electrons. The van der Waals surface area contributed by atoms with Gasteiger partial charge in [-0.15, -0.1) is 0 Å². The average molecular weight is 344 g/mol. The van der Waals surface area contributed by atoms with E-state index in [-0.39, 0.29) is 12.8 Å². The van der Waals surface area contributed by atoms with E-state index in [9.17, 15) is 35.5 Å². The SMILES string of the molecule is O=C1c2c(C(F)(F)F)nn([C@@H]3CC[C@@H](F)[C@@H](F)C3)c2[C@H](F)[C@H]1F. The highest BCUT2D eigenvalue weighted by Crippen LogP contribution is 2.45. The van der Waals surface area contributed by atoms with Crippen LogP contribution in [0.3, 0.4) is 0 Å². The average Bonchev–Trinajstić information content (AvgIpc) is 2.96. The molecule has 0 spiro atoms. The highest BCUT2D eigenvalue weighted by molar-refractivity contribution is 6.05. The molecule has 3 rings (SSSR count). The Labute approximate surface area is 125 Å². The third kappa shape index (κ3) is 2.42. The number of nitrogens with zero attached hydrogens (tertiary/aromatic N) is 2. The predicted molar refractivity (Wildman–Crippen MR) is 63.0 cm³/mol. The van der Waals surface area contributed by atoms with Crippen LogP contribution in [0.15, 0.2) is 0 Å². The summed E-state index contributed by atoms with van der Waals surface area (Å²) in [6, 6.07) is -1.06. The number of aromatic nitrogens is 2. The largest absolute Gasteiger partial charge is 0.435 e. The Hall–Kier alpha value is -1.61. The zero-order chi connectivity index (χ0) is 17.1. The first kappa shape index (κ1) is 16.3. The van der Waals surface area contributed by atoms with Crippen molar-refractivity contribution in [1.82, 2.24) is 9.78 Å². The molecule has 1 saturated carbocycles. The zero-order valence-electron chi connectivity index (χ0n) is 11.5. The quantitative estimate of drug-likeness (QED) is 0.726. The van der Waals surface area contributed by atoms with Crippen LogP contribution in [0.25, 0.3) is 0 Å². The van der Waals surface area contributed by atoms with Gasteiger partial charge in [-0.25, -0.2) is 17.6 Å². The van der Waals surface area contributed by atoms with Gasteiger partial charge in [-0.05, 0) is 12.8 Å². The number of halogens is 7. The maximum atomic E-state index is 14.0. The fourth-order valence-corrected chi connectivity index (χ4v) is 3.12. The Bertz CT molecular complexity index is 641. The molecule has 0 unspecified atom stereocenters. The molecular formula is C13H11F7N2O. The second kappa shape index (κ2) is 5.20. The van der Waals surface area contributed by atoms with Crippen LogP contribution in [0.2, 0.25) is 0 Å². The van der Waals surface area contributed by atoms with Crippen LogP contribution in [0.5, 0.6) is 0 Å². The van der Waals surface area contributed by atoms with Gasteiger partial charge in [0.05, 0.1) is 17.3 Å². The summed E-state index contributed by atoms with van der Waals surface area (Å²) < 4.78 is 93.6. The van der Waals surface area contributed by atoms with E-state index in [1.807, 2.05) is 0 Å². The number of fused-ring (bicyclic) bond motifs is 1. The molecule has 3 nitrogen and oxygen atoms in total. The van der Waals surface area contributed by atoms with Gasteiger partial charge in [-0.2, -0.15) is 18.3 Å². The number of rotatable bonds is 1. The Morgan fingerprint density at radius 1 is 1.00 bits per heavy atom. The molecule has 0 aliphatic heterocycles. The maximum Gasteiger partial charge on any atom is 0.435 e. The Kier molecular flexibility index (Phi) is 3.68. The first-order valence-electron chi connectivity index (χ1n) is 6.93. The van der Waals surface area contributed by atoms with Gasteiger partial charge < -0.3 is 0 Å². The van der Waals surface area contributed by atoms with Crippen LogP contribution in [-0.2, 0) is 6.18 Å². The van der Waals surface area contributed by atoms with Gasteiger partial charge >= 0.3 is 6.18 Å². The van der Waals surface area contributed by atoms with E-state index in [1.54, 1.807) is 0 Å². The topological polar surface area (TPSA) is 34.9 Å². The second-order valence-corrected chi connectivity index (χ2v) is 5.72. The Morgan fingerprint density at radius 3 is 2.22 bits per heavy atom. The van der Waals surface area contributed by atoms with Crippen molar-refractivity contribution in [2.45, 2.75) is 56.2 Å². The van der Waals surface area contributed by atoms with E-state index in [4.69, 9.17) is 0 Å². The van der Waals surface area contributed by atoms with Crippen LogP contribution in [0.4, 0.5) is 30.7 Å². The molecule has 1 heterocycles.